The predicted octanol–water partition coefficient (Wildman–Crippen LogP) is 6.14. The number of fused-ring (bicyclic) bond motifs is 5. The van der Waals surface area contributed by atoms with E-state index in [1.807, 2.05) is 0 Å². The molecule has 1 N–H and O–H groups in total. The minimum atomic E-state index is -0.144. The number of esters is 1. The summed E-state index contributed by atoms with van der Waals surface area (Å²) in [5.41, 5.74) is 2.13. The summed E-state index contributed by atoms with van der Waals surface area (Å²) < 4.78 is 5.57. The molecule has 0 amide bonds. The van der Waals surface area contributed by atoms with E-state index >= 15 is 0 Å². The molecular weight excluding hydrogens is 364 g/mol. The number of hydrogen-bond acceptors (Lipinski definition) is 4. The van der Waals surface area contributed by atoms with Gasteiger partial charge in [-0.3, -0.25) is 4.79 Å². The molecule has 0 radical (unpaired) electrons. The van der Waals surface area contributed by atoms with Crippen LogP contribution >= 0.6 is 0 Å². The maximum Gasteiger partial charge on any atom is 0.387 e. The summed E-state index contributed by atoms with van der Waals surface area (Å²) >= 11 is 0. The maximum absolute atomic E-state index is 11.4. The number of nitrogens with zero attached hydrogens (tertiary/aromatic N) is 2. The molecule has 5 heteroatoms. The minimum Gasteiger partial charge on any atom is -0.505 e. The lowest BCUT2D eigenvalue weighted by Gasteiger charge is -2.59. The summed E-state index contributed by atoms with van der Waals surface area (Å²) in [7, 11) is 0. The zero-order valence-corrected chi connectivity index (χ0v) is 18.1. The Bertz CT molecular complexity index is 781. The second kappa shape index (κ2) is 7.45. The number of hydrogen-bond donors (Lipinski definition) is 1. The van der Waals surface area contributed by atoms with Crippen molar-refractivity contribution in [2.45, 2.75) is 84.7 Å². The van der Waals surface area contributed by atoms with Crippen LogP contribution in [0.5, 0.6) is 0 Å². The molecule has 0 aromatic heterocycles. The van der Waals surface area contributed by atoms with Gasteiger partial charge in [-0.15, -0.1) is 0 Å². The number of diazo groups is 1. The van der Waals surface area contributed by atoms with Crippen LogP contribution in [-0.2, 0) is 9.53 Å². The number of carbonyl (C=O) groups excluding carboxylic acids is 1. The van der Waals surface area contributed by atoms with Crippen LogP contribution in [0, 0.1) is 39.9 Å². The third-order valence-corrected chi connectivity index (χ3v) is 9.20. The first-order chi connectivity index (χ1) is 13.8. The van der Waals surface area contributed by atoms with Crippen LogP contribution in [0.15, 0.2) is 23.6 Å². The Balaban J connectivity index is 1.51. The molecule has 0 bridgehead atoms. The van der Waals surface area contributed by atoms with E-state index in [1.54, 1.807) is 5.57 Å². The summed E-state index contributed by atoms with van der Waals surface area (Å²) in [4.78, 5) is 14.4. The van der Waals surface area contributed by atoms with Crippen LogP contribution in [0.3, 0.4) is 0 Å². The molecule has 4 aliphatic carbocycles. The zero-order valence-electron chi connectivity index (χ0n) is 18.1. The van der Waals surface area contributed by atoms with Crippen LogP contribution in [0.25, 0.3) is 4.98 Å². The third kappa shape index (κ3) is 3.39. The molecular formula is C24H35N2O3+. The van der Waals surface area contributed by atoms with E-state index in [0.717, 1.165) is 25.7 Å². The Hall–Kier alpha value is -1.83. The van der Waals surface area contributed by atoms with Gasteiger partial charge in [-0.2, -0.15) is 0 Å². The van der Waals surface area contributed by atoms with Crippen molar-refractivity contribution in [1.29, 1.82) is 5.39 Å². The number of aliphatic hydroxyl groups excluding tert-OH is 1. The molecule has 0 aliphatic heterocycles. The van der Waals surface area contributed by atoms with E-state index in [1.165, 1.54) is 38.8 Å². The second-order valence-electron chi connectivity index (χ2n) is 10.5. The largest absolute Gasteiger partial charge is 0.505 e. The lowest BCUT2D eigenvalue weighted by atomic mass is 9.46. The molecule has 0 aromatic rings. The number of rotatable bonds is 3. The van der Waals surface area contributed by atoms with Crippen LogP contribution in [-0.4, -0.2) is 17.2 Å². The molecule has 7 unspecified atom stereocenters. The Kier molecular flexibility index (Phi) is 5.25. The van der Waals surface area contributed by atoms with Crippen LogP contribution in [0.4, 0.5) is 0 Å². The SMILES string of the molecule is CC(=O)OC1CCC2(C)C(CCC3C4=CCC(CC(O)=C[N+]#N)C4(C)CCC32)C1. The normalized spacial score (nSPS) is 44.0. The van der Waals surface area contributed by atoms with E-state index in [9.17, 15) is 9.90 Å². The minimum absolute atomic E-state index is 0.109. The van der Waals surface area contributed by atoms with Crippen molar-refractivity contribution in [3.05, 3.63) is 28.6 Å². The monoisotopic (exact) mass is 399 g/mol. The van der Waals surface area contributed by atoms with Crippen molar-refractivity contribution in [3.63, 3.8) is 0 Å². The molecule has 3 fully saturated rings. The second-order valence-corrected chi connectivity index (χ2v) is 10.5. The highest BCUT2D eigenvalue weighted by Crippen LogP contribution is 2.66. The fourth-order valence-corrected chi connectivity index (χ4v) is 7.66. The standard InChI is InChI=1S/C24H34N2O3/c1-15(27)29-19-8-10-23(2)17(13-19)4-6-20-21-7-5-16(12-18(28)14-26-25)24(21,3)11-9-22(20)23/h7,14,16-17,19-20,22H,4-6,8-13H2,1-3H3/p+1. The Morgan fingerprint density at radius 3 is 2.83 bits per heavy atom. The smallest absolute Gasteiger partial charge is 0.387 e. The van der Waals surface area contributed by atoms with E-state index in [-0.39, 0.29) is 23.2 Å². The van der Waals surface area contributed by atoms with Crippen molar-refractivity contribution in [2.24, 2.45) is 34.5 Å². The van der Waals surface area contributed by atoms with E-state index in [4.69, 9.17) is 10.1 Å². The van der Waals surface area contributed by atoms with Crippen molar-refractivity contribution >= 4 is 5.97 Å². The summed E-state index contributed by atoms with van der Waals surface area (Å²) in [6, 6.07) is 0. The number of allylic oxidation sites excluding steroid dienone is 3. The quantitative estimate of drug-likeness (QED) is 0.268. The Morgan fingerprint density at radius 2 is 2.10 bits per heavy atom. The van der Waals surface area contributed by atoms with Crippen LogP contribution in [0.1, 0.15) is 78.6 Å². The van der Waals surface area contributed by atoms with Gasteiger partial charge in [0.1, 0.15) is 6.10 Å². The fourth-order valence-electron chi connectivity index (χ4n) is 7.66. The van der Waals surface area contributed by atoms with Gasteiger partial charge in [0.05, 0.1) is 0 Å². The number of aliphatic hydroxyl groups is 1. The molecule has 0 saturated heterocycles. The topological polar surface area (TPSA) is 74.7 Å². The van der Waals surface area contributed by atoms with Crippen molar-refractivity contribution in [1.82, 2.24) is 0 Å². The highest BCUT2D eigenvalue weighted by atomic mass is 16.5. The summed E-state index contributed by atoms with van der Waals surface area (Å²) in [6.07, 6.45) is 13.4. The molecule has 4 rings (SSSR count). The van der Waals surface area contributed by atoms with Gasteiger partial charge in [-0.25, -0.2) is 0 Å². The predicted molar refractivity (Wildman–Crippen MR) is 111 cm³/mol. The van der Waals surface area contributed by atoms with Gasteiger partial charge < -0.3 is 9.84 Å². The first-order valence-corrected chi connectivity index (χ1v) is 11.4. The average molecular weight is 400 g/mol. The highest BCUT2D eigenvalue weighted by molar-refractivity contribution is 5.66. The number of ether oxygens (including phenoxy) is 1. The number of carbonyl (C=O) groups is 1. The third-order valence-electron chi connectivity index (χ3n) is 9.20. The first-order valence-electron chi connectivity index (χ1n) is 11.4. The summed E-state index contributed by atoms with van der Waals surface area (Å²) in [5, 5.41) is 18.8. The molecule has 29 heavy (non-hydrogen) atoms. The van der Waals surface area contributed by atoms with Gasteiger partial charge in [0.2, 0.25) is 5.39 Å². The van der Waals surface area contributed by atoms with E-state index < -0.39 is 0 Å². The molecule has 0 aromatic carbocycles. The van der Waals surface area contributed by atoms with Crippen molar-refractivity contribution < 1.29 is 14.6 Å². The van der Waals surface area contributed by atoms with Gasteiger partial charge >= 0.3 is 12.2 Å². The summed E-state index contributed by atoms with van der Waals surface area (Å²) in [5.74, 6) is 2.45. The molecule has 0 spiro atoms. The molecule has 4 aliphatic rings. The summed E-state index contributed by atoms with van der Waals surface area (Å²) in [6.45, 7) is 6.42. The van der Waals surface area contributed by atoms with E-state index in [0.29, 0.717) is 35.5 Å². The van der Waals surface area contributed by atoms with Crippen molar-refractivity contribution in [3.8, 4) is 0 Å². The molecule has 5 nitrogen and oxygen atoms in total. The fraction of sp³-hybridized carbons (Fsp3) is 0.792. The van der Waals surface area contributed by atoms with Gasteiger partial charge in [-0.1, -0.05) is 25.5 Å². The van der Waals surface area contributed by atoms with Crippen LogP contribution in [0.2, 0.25) is 0 Å². The lowest BCUT2D eigenvalue weighted by Crippen LogP contribution is -2.52. The van der Waals surface area contributed by atoms with Gasteiger partial charge in [-0.05, 0) is 85.9 Å². The van der Waals surface area contributed by atoms with Crippen LogP contribution < -0.4 is 0 Å². The van der Waals surface area contributed by atoms with Gasteiger partial charge in [0, 0.05) is 13.3 Å². The van der Waals surface area contributed by atoms with Gasteiger partial charge in [0.25, 0.3) is 0 Å². The van der Waals surface area contributed by atoms with Crippen molar-refractivity contribution in [2.75, 3.05) is 0 Å². The van der Waals surface area contributed by atoms with E-state index in [2.05, 4.69) is 24.9 Å². The maximum atomic E-state index is 11.4. The molecule has 7 atom stereocenters. The average Bonchev–Trinajstić information content (AvgIpc) is 2.98. The highest BCUT2D eigenvalue weighted by Gasteiger charge is 2.57. The Morgan fingerprint density at radius 1 is 1.31 bits per heavy atom. The van der Waals surface area contributed by atoms with Gasteiger partial charge in [0.15, 0.2) is 10.7 Å². The molecule has 158 valence electrons. The first kappa shape index (κ1) is 20.4. The lowest BCUT2D eigenvalue weighted by molar-refractivity contribution is -0.155. The Labute approximate surface area is 174 Å². The zero-order chi connectivity index (χ0) is 20.8. The molecule has 0 heterocycles. The molecule has 3 saturated carbocycles.